The molecule has 1 aromatic rings. The van der Waals surface area contributed by atoms with Gasteiger partial charge in [-0.05, 0) is 37.8 Å². The molecule has 0 bridgehead atoms. The summed E-state index contributed by atoms with van der Waals surface area (Å²) in [5, 5.41) is 0. The summed E-state index contributed by atoms with van der Waals surface area (Å²) in [5.74, 6) is 0.677. The van der Waals surface area contributed by atoms with Gasteiger partial charge < -0.3 is 24.7 Å². The normalized spacial score (nSPS) is 16.1. The Morgan fingerprint density at radius 1 is 1.04 bits per heavy atom. The van der Waals surface area contributed by atoms with Crippen molar-refractivity contribution in [3.8, 4) is 17.2 Å². The predicted octanol–water partition coefficient (Wildman–Crippen LogP) is 2.86. The Morgan fingerprint density at radius 3 is 2.00 bits per heavy atom. The number of carbonyl (C=O) groups excluding carboxylic acids is 1. The molecule has 0 unspecified atom stereocenters. The van der Waals surface area contributed by atoms with Crippen LogP contribution in [0.3, 0.4) is 0 Å². The van der Waals surface area contributed by atoms with Gasteiger partial charge in [0.2, 0.25) is 5.75 Å². The molecule has 2 rings (SSSR count). The molecule has 0 saturated heterocycles. The van der Waals surface area contributed by atoms with Crippen LogP contribution in [-0.2, 0) is 4.74 Å². The van der Waals surface area contributed by atoms with Crippen LogP contribution in [0.4, 0.5) is 0 Å². The van der Waals surface area contributed by atoms with E-state index in [2.05, 4.69) is 0 Å². The highest BCUT2D eigenvalue weighted by atomic mass is 32.1. The molecule has 24 heavy (non-hydrogen) atoms. The van der Waals surface area contributed by atoms with Gasteiger partial charge >= 0.3 is 5.97 Å². The maximum Gasteiger partial charge on any atom is 0.339 e. The zero-order valence-corrected chi connectivity index (χ0v) is 15.0. The third kappa shape index (κ3) is 3.56. The minimum absolute atomic E-state index is 0.225. The van der Waals surface area contributed by atoms with Gasteiger partial charge in [0.25, 0.3) is 0 Å². The summed E-state index contributed by atoms with van der Waals surface area (Å²) in [7, 11) is 4.48. The zero-order valence-electron chi connectivity index (χ0n) is 14.2. The standard InChI is InChI=1S/C17H23NO5S/c1-20-12-9-11(10-13(21-2)14(12)22-3)15(19)23-17(16(18)24)7-5-4-6-8-17/h9-10H,4-8H2,1-3H3,(H2,18,24). The summed E-state index contributed by atoms with van der Waals surface area (Å²) in [5.41, 5.74) is 5.30. The first-order valence-electron chi connectivity index (χ1n) is 7.80. The van der Waals surface area contributed by atoms with Gasteiger partial charge in [0.05, 0.1) is 26.9 Å². The largest absolute Gasteiger partial charge is 0.493 e. The Balaban J connectivity index is 2.33. The maximum atomic E-state index is 12.7. The van der Waals surface area contributed by atoms with E-state index >= 15 is 0 Å². The molecule has 1 aliphatic carbocycles. The van der Waals surface area contributed by atoms with Crippen LogP contribution in [0.25, 0.3) is 0 Å². The number of nitrogens with two attached hydrogens (primary N) is 1. The number of ether oxygens (including phenoxy) is 4. The first-order chi connectivity index (χ1) is 11.5. The molecule has 0 radical (unpaired) electrons. The van der Waals surface area contributed by atoms with Crippen molar-refractivity contribution in [1.29, 1.82) is 0 Å². The zero-order chi connectivity index (χ0) is 17.7. The lowest BCUT2D eigenvalue weighted by atomic mass is 9.84. The van der Waals surface area contributed by atoms with E-state index in [9.17, 15) is 4.79 Å². The lowest BCUT2D eigenvalue weighted by molar-refractivity contribution is -0.00151. The van der Waals surface area contributed by atoms with Crippen molar-refractivity contribution in [3.05, 3.63) is 17.7 Å². The SMILES string of the molecule is COc1cc(C(=O)OC2(C(N)=S)CCCCC2)cc(OC)c1OC. The van der Waals surface area contributed by atoms with Crippen LogP contribution in [0, 0.1) is 0 Å². The van der Waals surface area contributed by atoms with Gasteiger partial charge in [-0.15, -0.1) is 0 Å². The van der Waals surface area contributed by atoms with Crippen LogP contribution in [0.1, 0.15) is 42.5 Å². The van der Waals surface area contributed by atoms with Crippen molar-refractivity contribution in [3.63, 3.8) is 0 Å². The number of rotatable bonds is 6. The Hall–Kier alpha value is -2.02. The molecule has 1 fully saturated rings. The fourth-order valence-corrected chi connectivity index (χ4v) is 3.20. The second-order valence-electron chi connectivity index (χ2n) is 5.72. The van der Waals surface area contributed by atoms with Gasteiger partial charge in [-0.1, -0.05) is 18.6 Å². The van der Waals surface area contributed by atoms with Gasteiger partial charge in [0.15, 0.2) is 17.1 Å². The van der Waals surface area contributed by atoms with Crippen LogP contribution in [0.5, 0.6) is 17.2 Å². The first-order valence-corrected chi connectivity index (χ1v) is 8.21. The van der Waals surface area contributed by atoms with Crippen molar-refractivity contribution >= 4 is 23.2 Å². The van der Waals surface area contributed by atoms with Gasteiger partial charge in [-0.2, -0.15) is 0 Å². The number of hydrogen-bond acceptors (Lipinski definition) is 6. The molecule has 0 spiro atoms. The molecule has 6 nitrogen and oxygen atoms in total. The fraction of sp³-hybridized carbons (Fsp3) is 0.529. The van der Waals surface area contributed by atoms with Crippen molar-refractivity contribution in [1.82, 2.24) is 0 Å². The van der Waals surface area contributed by atoms with Crippen molar-refractivity contribution in [2.75, 3.05) is 21.3 Å². The molecule has 0 heterocycles. The smallest absolute Gasteiger partial charge is 0.339 e. The number of benzene rings is 1. The van der Waals surface area contributed by atoms with Gasteiger partial charge in [0.1, 0.15) is 4.99 Å². The summed E-state index contributed by atoms with van der Waals surface area (Å²) < 4.78 is 21.5. The van der Waals surface area contributed by atoms with E-state index in [0.717, 1.165) is 19.3 Å². The molecule has 0 aromatic heterocycles. The molecule has 0 aliphatic heterocycles. The van der Waals surface area contributed by atoms with E-state index in [4.69, 9.17) is 36.9 Å². The molecular weight excluding hydrogens is 330 g/mol. The predicted molar refractivity (Wildman–Crippen MR) is 94.1 cm³/mol. The van der Waals surface area contributed by atoms with E-state index in [-0.39, 0.29) is 4.99 Å². The number of carbonyl (C=O) groups is 1. The first kappa shape index (κ1) is 18.3. The second-order valence-corrected chi connectivity index (χ2v) is 6.16. The Kier molecular flexibility index (Phi) is 5.88. The number of hydrogen-bond donors (Lipinski definition) is 1. The number of esters is 1. The van der Waals surface area contributed by atoms with Crippen molar-refractivity contribution < 1.29 is 23.7 Å². The minimum atomic E-state index is -0.870. The highest BCUT2D eigenvalue weighted by molar-refractivity contribution is 7.80. The van der Waals surface area contributed by atoms with E-state index < -0.39 is 11.6 Å². The van der Waals surface area contributed by atoms with Crippen LogP contribution in [0.15, 0.2) is 12.1 Å². The summed E-state index contributed by atoms with van der Waals surface area (Å²) in [6.45, 7) is 0. The fourth-order valence-electron chi connectivity index (χ4n) is 2.96. The average molecular weight is 353 g/mol. The molecule has 1 aliphatic rings. The molecule has 1 saturated carbocycles. The van der Waals surface area contributed by atoms with Crippen LogP contribution in [-0.4, -0.2) is 37.9 Å². The molecule has 1 aromatic carbocycles. The number of thiocarbonyl (C=S) groups is 1. The monoisotopic (exact) mass is 353 g/mol. The summed E-state index contributed by atoms with van der Waals surface area (Å²) in [6.07, 6.45) is 4.25. The average Bonchev–Trinajstić information content (AvgIpc) is 2.60. The van der Waals surface area contributed by atoms with Crippen LogP contribution in [0.2, 0.25) is 0 Å². The van der Waals surface area contributed by atoms with E-state index in [0.29, 0.717) is 35.7 Å². The third-order valence-electron chi connectivity index (χ3n) is 4.30. The Morgan fingerprint density at radius 2 is 1.58 bits per heavy atom. The van der Waals surface area contributed by atoms with E-state index in [1.807, 2.05) is 0 Å². The Labute approximate surface area is 147 Å². The van der Waals surface area contributed by atoms with E-state index in [1.165, 1.54) is 21.3 Å². The third-order valence-corrected chi connectivity index (χ3v) is 4.67. The summed E-state index contributed by atoms with van der Waals surface area (Å²) >= 11 is 5.16. The molecule has 2 N–H and O–H groups in total. The number of methoxy groups -OCH3 is 3. The molecular formula is C17H23NO5S. The lowest BCUT2D eigenvalue weighted by Crippen LogP contribution is -2.48. The van der Waals surface area contributed by atoms with Gasteiger partial charge in [0, 0.05) is 0 Å². The molecule has 0 atom stereocenters. The van der Waals surface area contributed by atoms with Gasteiger partial charge in [-0.25, -0.2) is 4.79 Å². The second kappa shape index (κ2) is 7.70. The topological polar surface area (TPSA) is 80.0 Å². The highest BCUT2D eigenvalue weighted by Crippen LogP contribution is 2.39. The van der Waals surface area contributed by atoms with Crippen molar-refractivity contribution in [2.24, 2.45) is 5.73 Å². The molecule has 7 heteroatoms. The minimum Gasteiger partial charge on any atom is -0.493 e. The summed E-state index contributed by atoms with van der Waals surface area (Å²) in [6, 6.07) is 3.11. The highest BCUT2D eigenvalue weighted by Gasteiger charge is 2.39. The maximum absolute atomic E-state index is 12.7. The van der Waals surface area contributed by atoms with Crippen LogP contribution >= 0.6 is 12.2 Å². The van der Waals surface area contributed by atoms with E-state index in [1.54, 1.807) is 12.1 Å². The molecule has 0 amide bonds. The van der Waals surface area contributed by atoms with Gasteiger partial charge in [-0.3, -0.25) is 0 Å². The van der Waals surface area contributed by atoms with Crippen molar-refractivity contribution in [2.45, 2.75) is 37.7 Å². The Bertz CT molecular complexity index is 600. The molecule has 132 valence electrons. The van der Waals surface area contributed by atoms with Crippen LogP contribution < -0.4 is 19.9 Å². The lowest BCUT2D eigenvalue weighted by Gasteiger charge is -2.35. The quantitative estimate of drug-likeness (QED) is 0.622. The summed E-state index contributed by atoms with van der Waals surface area (Å²) in [4.78, 5) is 12.9.